The van der Waals surface area contributed by atoms with E-state index in [2.05, 4.69) is 152 Å². The summed E-state index contributed by atoms with van der Waals surface area (Å²) in [7, 11) is 0. The molecule has 0 aliphatic heterocycles. The van der Waals surface area contributed by atoms with E-state index in [1.165, 1.54) is 76.0 Å². The zero-order valence-electron chi connectivity index (χ0n) is 23.8. The zero-order valence-corrected chi connectivity index (χ0v) is 24.6. The average Bonchev–Trinajstić information content (AvgIpc) is 3.72. The maximum Gasteiger partial charge on any atom is 0.0740 e. The highest BCUT2D eigenvalue weighted by Gasteiger charge is 2.53. The number of thiophene rings is 1. The predicted octanol–water partition coefficient (Wildman–Crippen LogP) is 11.1. The van der Waals surface area contributed by atoms with Crippen LogP contribution in [-0.2, 0) is 5.41 Å². The van der Waals surface area contributed by atoms with Crippen molar-refractivity contribution in [3.63, 3.8) is 0 Å². The summed E-state index contributed by atoms with van der Waals surface area (Å²) >= 11 is 1.93. The van der Waals surface area contributed by atoms with Gasteiger partial charge < -0.3 is 0 Å². The molecule has 6 aromatic carbocycles. The topological polar surface area (TPSA) is 12.9 Å². The second kappa shape index (κ2) is 8.86. The molecule has 204 valence electrons. The van der Waals surface area contributed by atoms with Gasteiger partial charge in [0.25, 0.3) is 0 Å². The molecule has 10 rings (SSSR count). The zero-order chi connectivity index (χ0) is 28.8. The van der Waals surface area contributed by atoms with Crippen LogP contribution in [0, 0.1) is 0 Å². The van der Waals surface area contributed by atoms with E-state index in [9.17, 15) is 0 Å². The maximum atomic E-state index is 5.33. The van der Waals surface area contributed by atoms with Gasteiger partial charge in [-0.15, -0.1) is 11.3 Å². The fourth-order valence-electron chi connectivity index (χ4n) is 8.02. The second-order valence-corrected chi connectivity index (χ2v) is 12.9. The van der Waals surface area contributed by atoms with Crippen molar-refractivity contribution in [1.82, 2.24) is 4.98 Å². The van der Waals surface area contributed by atoms with Crippen LogP contribution in [0.1, 0.15) is 22.3 Å². The first kappa shape index (κ1) is 24.2. The maximum absolute atomic E-state index is 5.33. The molecule has 0 saturated carbocycles. The lowest BCUT2D eigenvalue weighted by molar-refractivity contribution is 0.803. The van der Waals surface area contributed by atoms with Crippen LogP contribution in [0.4, 0.5) is 0 Å². The van der Waals surface area contributed by atoms with Gasteiger partial charge in [-0.2, -0.15) is 0 Å². The molecule has 2 heteroatoms. The van der Waals surface area contributed by atoms with Crippen molar-refractivity contribution in [2.45, 2.75) is 5.41 Å². The molecule has 1 unspecified atom stereocenters. The molecule has 0 bridgehead atoms. The summed E-state index contributed by atoms with van der Waals surface area (Å²) in [5.41, 5.74) is 14.7. The number of hydrogen-bond acceptors (Lipinski definition) is 2. The van der Waals surface area contributed by atoms with E-state index < -0.39 is 0 Å². The lowest BCUT2D eigenvalue weighted by Crippen LogP contribution is -2.25. The molecule has 1 atom stereocenters. The van der Waals surface area contributed by atoms with Crippen LogP contribution < -0.4 is 0 Å². The Kier molecular flexibility index (Phi) is 4.86. The molecule has 44 heavy (non-hydrogen) atoms. The van der Waals surface area contributed by atoms with Crippen LogP contribution in [0.2, 0.25) is 0 Å². The Labute approximate surface area is 259 Å². The van der Waals surface area contributed by atoms with Gasteiger partial charge in [0.1, 0.15) is 0 Å². The van der Waals surface area contributed by atoms with Gasteiger partial charge in [-0.3, -0.25) is 0 Å². The molecule has 2 heterocycles. The fourth-order valence-corrected chi connectivity index (χ4v) is 9.32. The molecule has 1 spiro atoms. The summed E-state index contributed by atoms with van der Waals surface area (Å²) in [4.78, 5) is 6.72. The highest BCUT2D eigenvalue weighted by molar-refractivity contribution is 7.22. The Morgan fingerprint density at radius 2 is 1.11 bits per heavy atom. The quantitative estimate of drug-likeness (QED) is 0.200. The van der Waals surface area contributed by atoms with Crippen LogP contribution in [0.25, 0.3) is 64.9 Å². The molecule has 8 aromatic rings. The van der Waals surface area contributed by atoms with Crippen molar-refractivity contribution in [2.75, 3.05) is 0 Å². The van der Waals surface area contributed by atoms with Gasteiger partial charge in [0.2, 0.25) is 0 Å². The van der Waals surface area contributed by atoms with E-state index in [-0.39, 0.29) is 5.41 Å². The monoisotopic (exact) mass is 575 g/mol. The minimum Gasteiger partial charge on any atom is -0.248 e. The van der Waals surface area contributed by atoms with Gasteiger partial charge in [-0.1, -0.05) is 133 Å². The van der Waals surface area contributed by atoms with Gasteiger partial charge in [0.05, 0.1) is 16.6 Å². The number of benzene rings is 6. The third-order valence-electron chi connectivity index (χ3n) is 9.69. The number of rotatable bonds is 2. The Hall–Kier alpha value is -5.31. The van der Waals surface area contributed by atoms with Gasteiger partial charge in [0.15, 0.2) is 0 Å². The van der Waals surface area contributed by atoms with Crippen LogP contribution in [0.5, 0.6) is 0 Å². The smallest absolute Gasteiger partial charge is 0.0740 e. The summed E-state index contributed by atoms with van der Waals surface area (Å²) < 4.78 is 1.34. The Bertz CT molecular complexity index is 2450. The molecule has 0 amide bonds. The number of hydrogen-bond donors (Lipinski definition) is 0. The van der Waals surface area contributed by atoms with Crippen LogP contribution in [-0.4, -0.2) is 4.98 Å². The van der Waals surface area contributed by atoms with E-state index in [1.807, 2.05) is 11.3 Å². The minimum absolute atomic E-state index is 0.382. The molecular formula is C42H25NS. The normalized spacial score (nSPS) is 15.8. The standard InChI is InChI=1S/C42H25NS/c1-2-13-26(14-3-1)32-25-37(43-36-23-10-6-15-27(32)36)30-19-12-22-35-39(30)28-16-4-8-20-33(28)42(35)34-21-9-5-17-29(34)41-40(42)31-18-7-11-24-38(31)44-41/h1-25H. The third-order valence-corrected chi connectivity index (χ3v) is 10.9. The summed E-state index contributed by atoms with van der Waals surface area (Å²) in [6.45, 7) is 0. The third kappa shape index (κ3) is 3.01. The van der Waals surface area contributed by atoms with Crippen molar-refractivity contribution in [3.8, 4) is 44.0 Å². The van der Waals surface area contributed by atoms with E-state index in [0.717, 1.165) is 11.2 Å². The summed E-state index contributed by atoms with van der Waals surface area (Å²) in [5.74, 6) is 0. The first-order valence-corrected chi connectivity index (χ1v) is 16.0. The largest absolute Gasteiger partial charge is 0.248 e. The number of para-hydroxylation sites is 1. The summed E-state index contributed by atoms with van der Waals surface area (Å²) in [6.07, 6.45) is 0. The molecular weight excluding hydrogens is 551 g/mol. The van der Waals surface area contributed by atoms with Gasteiger partial charge in [0, 0.05) is 20.5 Å². The highest BCUT2D eigenvalue weighted by Crippen LogP contribution is 2.66. The van der Waals surface area contributed by atoms with E-state index >= 15 is 0 Å². The highest BCUT2D eigenvalue weighted by atomic mass is 32.1. The van der Waals surface area contributed by atoms with Gasteiger partial charge >= 0.3 is 0 Å². The van der Waals surface area contributed by atoms with Gasteiger partial charge in [-0.25, -0.2) is 4.98 Å². The minimum atomic E-state index is -0.382. The average molecular weight is 576 g/mol. The summed E-state index contributed by atoms with van der Waals surface area (Å²) in [6, 6.07) is 55.5. The lowest BCUT2D eigenvalue weighted by Gasteiger charge is -2.30. The van der Waals surface area contributed by atoms with Crippen molar-refractivity contribution in [3.05, 3.63) is 174 Å². The SMILES string of the molecule is c1ccc(-c2cc(-c3cccc4c3-c3ccccc3C43c4ccccc4-c4sc5ccccc5c43)nc3ccccc23)cc1. The van der Waals surface area contributed by atoms with Crippen molar-refractivity contribution in [2.24, 2.45) is 0 Å². The van der Waals surface area contributed by atoms with E-state index in [0.29, 0.717) is 0 Å². The first-order valence-electron chi connectivity index (χ1n) is 15.1. The second-order valence-electron chi connectivity index (χ2n) is 11.8. The Morgan fingerprint density at radius 3 is 1.98 bits per heavy atom. The molecule has 0 fully saturated rings. The van der Waals surface area contributed by atoms with Gasteiger partial charge in [-0.05, 0) is 73.7 Å². The number of fused-ring (bicyclic) bond motifs is 13. The first-order chi connectivity index (χ1) is 21.8. The molecule has 0 radical (unpaired) electrons. The lowest BCUT2D eigenvalue weighted by atomic mass is 9.70. The number of pyridine rings is 1. The Morgan fingerprint density at radius 1 is 0.477 bits per heavy atom. The molecule has 0 saturated heterocycles. The molecule has 2 aromatic heterocycles. The van der Waals surface area contributed by atoms with Crippen LogP contribution in [0.3, 0.4) is 0 Å². The molecule has 2 aliphatic carbocycles. The molecule has 2 aliphatic rings. The van der Waals surface area contributed by atoms with Crippen LogP contribution in [0.15, 0.2) is 152 Å². The van der Waals surface area contributed by atoms with Crippen molar-refractivity contribution in [1.29, 1.82) is 0 Å². The predicted molar refractivity (Wildman–Crippen MR) is 184 cm³/mol. The number of aromatic nitrogens is 1. The molecule has 0 N–H and O–H groups in total. The number of nitrogens with zero attached hydrogens (tertiary/aromatic N) is 1. The molecule has 1 nitrogen and oxygen atoms in total. The van der Waals surface area contributed by atoms with Crippen molar-refractivity contribution >= 4 is 32.3 Å². The van der Waals surface area contributed by atoms with E-state index in [1.54, 1.807) is 0 Å². The Balaban J connectivity index is 1.34. The summed E-state index contributed by atoms with van der Waals surface area (Å²) in [5, 5.41) is 2.53. The fraction of sp³-hybridized carbons (Fsp3) is 0.0238. The van der Waals surface area contributed by atoms with Crippen LogP contribution >= 0.6 is 11.3 Å². The van der Waals surface area contributed by atoms with E-state index in [4.69, 9.17) is 4.98 Å². The van der Waals surface area contributed by atoms with Crippen molar-refractivity contribution < 1.29 is 0 Å².